The number of hydrogen-bond donors (Lipinski definition) is 1. The summed E-state index contributed by atoms with van der Waals surface area (Å²) in [5, 5.41) is 9.32. The zero-order valence-electron chi connectivity index (χ0n) is 11.8. The zero-order chi connectivity index (χ0) is 14.7. The second-order valence-corrected chi connectivity index (χ2v) is 5.94. The number of aliphatic carboxylic acids is 1. The minimum Gasteiger partial charge on any atom is -0.478 e. The molecule has 0 bridgehead atoms. The maximum absolute atomic E-state index is 10.5. The van der Waals surface area contributed by atoms with E-state index >= 15 is 0 Å². The summed E-state index contributed by atoms with van der Waals surface area (Å²) in [6.45, 7) is 5.51. The highest BCUT2D eigenvalue weighted by atomic mass is 35.5. The van der Waals surface area contributed by atoms with Gasteiger partial charge in [-0.05, 0) is 42.5 Å². The number of benzene rings is 1. The van der Waals surface area contributed by atoms with Crippen LogP contribution in [0.25, 0.3) is 6.08 Å². The van der Waals surface area contributed by atoms with Crippen molar-refractivity contribution in [1.29, 1.82) is 0 Å². The molecule has 1 heterocycles. The van der Waals surface area contributed by atoms with Gasteiger partial charge in [0.05, 0.1) is 10.7 Å². The van der Waals surface area contributed by atoms with E-state index < -0.39 is 5.97 Å². The van der Waals surface area contributed by atoms with Gasteiger partial charge in [-0.2, -0.15) is 0 Å². The number of anilines is 1. The lowest BCUT2D eigenvalue weighted by atomic mass is 10.0. The standard InChI is InChI=1S/C16H20ClNO2/c1-11(2)14-4-3-9-18(14)15-7-5-12(10-13(15)17)6-8-16(19)20/h5-8,10-11,14H,3-4,9H2,1-2H3,(H,19,20)/b8-6+. The quantitative estimate of drug-likeness (QED) is 0.851. The molecule has 20 heavy (non-hydrogen) atoms. The molecule has 4 heteroatoms. The summed E-state index contributed by atoms with van der Waals surface area (Å²) in [4.78, 5) is 12.9. The molecule has 1 aromatic carbocycles. The number of rotatable bonds is 4. The van der Waals surface area contributed by atoms with E-state index in [0.717, 1.165) is 23.9 Å². The lowest BCUT2D eigenvalue weighted by Gasteiger charge is -2.30. The molecule has 2 rings (SSSR count). The van der Waals surface area contributed by atoms with Crippen molar-refractivity contribution in [2.45, 2.75) is 32.7 Å². The molecular formula is C16H20ClNO2. The first-order valence-electron chi connectivity index (χ1n) is 6.96. The van der Waals surface area contributed by atoms with Gasteiger partial charge in [0, 0.05) is 18.7 Å². The minimum atomic E-state index is -0.954. The molecule has 0 amide bonds. The molecule has 1 saturated heterocycles. The van der Waals surface area contributed by atoms with Gasteiger partial charge >= 0.3 is 5.97 Å². The Morgan fingerprint density at radius 1 is 1.50 bits per heavy atom. The van der Waals surface area contributed by atoms with Gasteiger partial charge in [-0.25, -0.2) is 4.79 Å². The molecule has 108 valence electrons. The van der Waals surface area contributed by atoms with Crippen LogP contribution < -0.4 is 4.90 Å². The minimum absolute atomic E-state index is 0.535. The van der Waals surface area contributed by atoms with Crippen LogP contribution in [0.2, 0.25) is 5.02 Å². The van der Waals surface area contributed by atoms with E-state index in [1.54, 1.807) is 6.08 Å². The van der Waals surface area contributed by atoms with E-state index in [1.165, 1.54) is 12.8 Å². The highest BCUT2D eigenvalue weighted by molar-refractivity contribution is 6.33. The van der Waals surface area contributed by atoms with Crippen molar-refractivity contribution in [3.63, 3.8) is 0 Å². The Morgan fingerprint density at radius 3 is 2.85 bits per heavy atom. The highest BCUT2D eigenvalue weighted by Gasteiger charge is 2.28. The average Bonchev–Trinajstić information content (AvgIpc) is 2.85. The second-order valence-electron chi connectivity index (χ2n) is 5.53. The molecule has 1 N–H and O–H groups in total. The van der Waals surface area contributed by atoms with Crippen LogP contribution in [-0.4, -0.2) is 23.7 Å². The number of halogens is 1. The molecule has 1 atom stereocenters. The van der Waals surface area contributed by atoms with Crippen molar-refractivity contribution in [2.75, 3.05) is 11.4 Å². The smallest absolute Gasteiger partial charge is 0.328 e. The molecular weight excluding hydrogens is 274 g/mol. The lowest BCUT2D eigenvalue weighted by Crippen LogP contribution is -2.33. The predicted molar refractivity (Wildman–Crippen MR) is 83.3 cm³/mol. The van der Waals surface area contributed by atoms with Crippen molar-refractivity contribution >= 4 is 29.3 Å². The molecule has 1 aliphatic rings. The van der Waals surface area contributed by atoms with Gasteiger partial charge < -0.3 is 10.0 Å². The van der Waals surface area contributed by atoms with Crippen LogP contribution in [0.3, 0.4) is 0 Å². The van der Waals surface area contributed by atoms with E-state index in [4.69, 9.17) is 16.7 Å². The van der Waals surface area contributed by atoms with Crippen LogP contribution in [0.1, 0.15) is 32.3 Å². The maximum atomic E-state index is 10.5. The van der Waals surface area contributed by atoms with Gasteiger partial charge in [-0.1, -0.05) is 31.5 Å². The largest absolute Gasteiger partial charge is 0.478 e. The van der Waals surface area contributed by atoms with Crippen molar-refractivity contribution in [2.24, 2.45) is 5.92 Å². The average molecular weight is 294 g/mol. The molecule has 0 saturated carbocycles. The summed E-state index contributed by atoms with van der Waals surface area (Å²) >= 11 is 6.37. The van der Waals surface area contributed by atoms with Crippen LogP contribution in [0.4, 0.5) is 5.69 Å². The first-order chi connectivity index (χ1) is 9.49. The van der Waals surface area contributed by atoms with Crippen LogP contribution in [-0.2, 0) is 4.79 Å². The van der Waals surface area contributed by atoms with E-state index in [2.05, 4.69) is 18.7 Å². The first-order valence-corrected chi connectivity index (χ1v) is 7.34. The highest BCUT2D eigenvalue weighted by Crippen LogP contribution is 2.35. The number of carboxylic acids is 1. The second kappa shape index (κ2) is 6.31. The van der Waals surface area contributed by atoms with Crippen LogP contribution in [0.15, 0.2) is 24.3 Å². The number of carbonyl (C=O) groups is 1. The fraction of sp³-hybridized carbons (Fsp3) is 0.438. The van der Waals surface area contributed by atoms with Gasteiger partial charge in [-0.3, -0.25) is 0 Å². The molecule has 0 radical (unpaired) electrons. The maximum Gasteiger partial charge on any atom is 0.328 e. The zero-order valence-corrected chi connectivity index (χ0v) is 12.6. The van der Waals surface area contributed by atoms with Gasteiger partial charge in [0.2, 0.25) is 0 Å². The fourth-order valence-electron chi connectivity index (χ4n) is 2.81. The Morgan fingerprint density at radius 2 is 2.25 bits per heavy atom. The lowest BCUT2D eigenvalue weighted by molar-refractivity contribution is -0.131. The third-order valence-corrected chi connectivity index (χ3v) is 4.07. The molecule has 1 aliphatic heterocycles. The Bertz CT molecular complexity index is 525. The van der Waals surface area contributed by atoms with Gasteiger partial charge in [-0.15, -0.1) is 0 Å². The third kappa shape index (κ3) is 3.34. The summed E-state index contributed by atoms with van der Waals surface area (Å²) in [5.74, 6) is -0.357. The Hall–Kier alpha value is -1.48. The number of carboxylic acid groups (broad SMARTS) is 1. The Labute approximate surface area is 124 Å². The Balaban J connectivity index is 2.23. The van der Waals surface area contributed by atoms with Crippen LogP contribution >= 0.6 is 11.6 Å². The summed E-state index contributed by atoms with van der Waals surface area (Å²) in [6, 6.07) is 6.26. The summed E-state index contributed by atoms with van der Waals surface area (Å²) in [7, 11) is 0. The topological polar surface area (TPSA) is 40.5 Å². The van der Waals surface area contributed by atoms with E-state index in [1.807, 2.05) is 18.2 Å². The van der Waals surface area contributed by atoms with Gasteiger partial charge in [0.15, 0.2) is 0 Å². The molecule has 1 unspecified atom stereocenters. The van der Waals surface area contributed by atoms with Crippen molar-refractivity contribution in [3.8, 4) is 0 Å². The monoisotopic (exact) mass is 293 g/mol. The molecule has 0 aliphatic carbocycles. The predicted octanol–water partition coefficient (Wildman–Crippen LogP) is 4.06. The fourth-order valence-corrected chi connectivity index (χ4v) is 3.11. The molecule has 0 aromatic heterocycles. The summed E-state index contributed by atoms with van der Waals surface area (Å²) in [6.07, 6.45) is 5.08. The van der Waals surface area contributed by atoms with Crippen LogP contribution in [0, 0.1) is 5.92 Å². The summed E-state index contributed by atoms with van der Waals surface area (Å²) < 4.78 is 0. The third-order valence-electron chi connectivity index (χ3n) is 3.77. The number of hydrogen-bond acceptors (Lipinski definition) is 2. The van der Waals surface area contributed by atoms with E-state index in [-0.39, 0.29) is 0 Å². The van der Waals surface area contributed by atoms with Gasteiger partial charge in [0.25, 0.3) is 0 Å². The van der Waals surface area contributed by atoms with Crippen molar-refractivity contribution < 1.29 is 9.90 Å². The van der Waals surface area contributed by atoms with E-state index in [9.17, 15) is 4.79 Å². The molecule has 1 fully saturated rings. The molecule has 3 nitrogen and oxygen atoms in total. The first kappa shape index (κ1) is 14.9. The summed E-state index contributed by atoms with van der Waals surface area (Å²) in [5.41, 5.74) is 1.86. The van der Waals surface area contributed by atoms with Crippen molar-refractivity contribution in [1.82, 2.24) is 0 Å². The normalized spacial score (nSPS) is 19.2. The number of nitrogens with zero attached hydrogens (tertiary/aromatic N) is 1. The molecule has 0 spiro atoms. The van der Waals surface area contributed by atoms with Crippen LogP contribution in [0.5, 0.6) is 0 Å². The Kier molecular flexibility index (Phi) is 4.71. The van der Waals surface area contributed by atoms with Crippen molar-refractivity contribution in [3.05, 3.63) is 34.9 Å². The van der Waals surface area contributed by atoms with E-state index in [0.29, 0.717) is 17.0 Å². The molecule has 1 aromatic rings. The van der Waals surface area contributed by atoms with Gasteiger partial charge in [0.1, 0.15) is 0 Å². The SMILES string of the molecule is CC(C)C1CCCN1c1ccc(/C=C/C(=O)O)cc1Cl.